The summed E-state index contributed by atoms with van der Waals surface area (Å²) in [6.45, 7) is 8.56. The summed E-state index contributed by atoms with van der Waals surface area (Å²) in [5, 5.41) is 6.84. The number of aromatic nitrogens is 2. The van der Waals surface area contributed by atoms with Gasteiger partial charge in [0.15, 0.2) is 0 Å². The van der Waals surface area contributed by atoms with E-state index in [1.54, 1.807) is 0 Å². The molecule has 1 rings (SSSR count). The third-order valence-corrected chi connectivity index (χ3v) is 2.74. The van der Waals surface area contributed by atoms with E-state index in [1.807, 2.05) is 6.92 Å². The zero-order valence-electron chi connectivity index (χ0n) is 13.1. The molecule has 0 unspecified atom stereocenters. The summed E-state index contributed by atoms with van der Waals surface area (Å²) >= 11 is 0. The van der Waals surface area contributed by atoms with Crippen LogP contribution in [-0.2, 0) is 11.3 Å². The topological polar surface area (TPSA) is 73.2 Å². The third-order valence-electron chi connectivity index (χ3n) is 2.74. The Hall–Kier alpha value is -1.69. The van der Waals surface area contributed by atoms with E-state index in [9.17, 15) is 9.59 Å². The van der Waals surface area contributed by atoms with E-state index in [0.29, 0.717) is 25.6 Å². The number of rotatable bonds is 9. The molecule has 21 heavy (non-hydrogen) atoms. The van der Waals surface area contributed by atoms with Gasteiger partial charge in [-0.25, -0.2) is 4.68 Å². The minimum Gasteiger partial charge on any atom is -0.381 e. The molecule has 1 amide bonds. The summed E-state index contributed by atoms with van der Waals surface area (Å²) in [4.78, 5) is 23.4. The molecule has 0 saturated heterocycles. The first-order valence-electron chi connectivity index (χ1n) is 7.48. The van der Waals surface area contributed by atoms with Crippen molar-refractivity contribution in [2.75, 3.05) is 19.8 Å². The summed E-state index contributed by atoms with van der Waals surface area (Å²) in [7, 11) is 0. The van der Waals surface area contributed by atoms with E-state index in [4.69, 9.17) is 4.74 Å². The summed E-state index contributed by atoms with van der Waals surface area (Å²) in [5.41, 5.74) is 0.0848. The van der Waals surface area contributed by atoms with Crippen LogP contribution in [0.1, 0.15) is 44.1 Å². The minimum absolute atomic E-state index is 0.185. The van der Waals surface area contributed by atoms with Crippen molar-refractivity contribution in [3.63, 3.8) is 0 Å². The molecule has 0 atom stereocenters. The van der Waals surface area contributed by atoms with Gasteiger partial charge in [0.25, 0.3) is 11.5 Å². The second kappa shape index (κ2) is 9.28. The van der Waals surface area contributed by atoms with Crippen LogP contribution in [0, 0.1) is 5.92 Å². The van der Waals surface area contributed by atoms with Crippen LogP contribution in [0.3, 0.4) is 0 Å². The number of nitrogens with one attached hydrogen (secondary N) is 1. The van der Waals surface area contributed by atoms with Crippen molar-refractivity contribution in [3.05, 3.63) is 28.2 Å². The van der Waals surface area contributed by atoms with Crippen molar-refractivity contribution < 1.29 is 9.53 Å². The predicted molar refractivity (Wildman–Crippen MR) is 81.4 cm³/mol. The number of ether oxygens (including phenoxy) is 1. The lowest BCUT2D eigenvalue weighted by atomic mass is 10.2. The van der Waals surface area contributed by atoms with Crippen molar-refractivity contribution in [1.29, 1.82) is 0 Å². The zero-order chi connectivity index (χ0) is 15.7. The summed E-state index contributed by atoms with van der Waals surface area (Å²) in [6.07, 6.45) is 1.55. The highest BCUT2D eigenvalue weighted by molar-refractivity contribution is 5.91. The maximum atomic E-state index is 11.9. The van der Waals surface area contributed by atoms with Crippen LogP contribution in [-0.4, -0.2) is 35.4 Å². The Morgan fingerprint density at radius 1 is 1.43 bits per heavy atom. The number of nitrogens with zero attached hydrogens (tertiary/aromatic N) is 2. The lowest BCUT2D eigenvalue weighted by Gasteiger charge is -2.08. The van der Waals surface area contributed by atoms with Crippen LogP contribution >= 0.6 is 0 Å². The van der Waals surface area contributed by atoms with Gasteiger partial charge >= 0.3 is 0 Å². The Labute approximate surface area is 125 Å². The molecule has 0 bridgehead atoms. The van der Waals surface area contributed by atoms with E-state index in [1.165, 1.54) is 16.8 Å². The van der Waals surface area contributed by atoms with Gasteiger partial charge < -0.3 is 10.1 Å². The predicted octanol–water partition coefficient (Wildman–Crippen LogP) is 1.45. The van der Waals surface area contributed by atoms with Crippen LogP contribution in [0.15, 0.2) is 16.9 Å². The lowest BCUT2D eigenvalue weighted by Crippen LogP contribution is -2.30. The van der Waals surface area contributed by atoms with Crippen molar-refractivity contribution in [2.24, 2.45) is 5.92 Å². The molecule has 0 saturated carbocycles. The normalized spacial score (nSPS) is 10.9. The average molecular weight is 295 g/mol. The van der Waals surface area contributed by atoms with Crippen molar-refractivity contribution in [2.45, 2.75) is 40.2 Å². The molecular formula is C15H25N3O3. The maximum absolute atomic E-state index is 11.9. The first-order chi connectivity index (χ1) is 10.0. The molecule has 6 heteroatoms. The zero-order valence-corrected chi connectivity index (χ0v) is 13.1. The summed E-state index contributed by atoms with van der Waals surface area (Å²) in [6, 6.07) is 2.84. The highest BCUT2D eigenvalue weighted by atomic mass is 16.5. The molecule has 0 aliphatic carbocycles. The fraction of sp³-hybridized carbons (Fsp3) is 0.667. The molecular weight excluding hydrogens is 270 g/mol. The highest BCUT2D eigenvalue weighted by Gasteiger charge is 2.08. The fourth-order valence-corrected chi connectivity index (χ4v) is 1.73. The first-order valence-corrected chi connectivity index (χ1v) is 7.48. The monoisotopic (exact) mass is 295 g/mol. The number of hydrogen-bond acceptors (Lipinski definition) is 4. The molecule has 1 aromatic heterocycles. The van der Waals surface area contributed by atoms with Gasteiger partial charge in [-0.15, -0.1) is 0 Å². The van der Waals surface area contributed by atoms with Gasteiger partial charge in [0.05, 0.1) is 0 Å². The second-order valence-corrected chi connectivity index (χ2v) is 5.36. The van der Waals surface area contributed by atoms with Crippen LogP contribution in [0.5, 0.6) is 0 Å². The van der Waals surface area contributed by atoms with Crippen molar-refractivity contribution in [1.82, 2.24) is 15.1 Å². The Bertz CT molecular complexity index is 497. The van der Waals surface area contributed by atoms with Gasteiger partial charge in [-0.2, -0.15) is 5.10 Å². The van der Waals surface area contributed by atoms with E-state index >= 15 is 0 Å². The Morgan fingerprint density at radius 2 is 2.19 bits per heavy atom. The number of amides is 1. The van der Waals surface area contributed by atoms with Crippen LogP contribution in [0.25, 0.3) is 0 Å². The van der Waals surface area contributed by atoms with E-state index in [2.05, 4.69) is 24.3 Å². The largest absolute Gasteiger partial charge is 0.381 e. The second-order valence-electron chi connectivity index (χ2n) is 5.36. The number of carbonyl (C=O) groups is 1. The molecule has 6 nitrogen and oxygen atoms in total. The third kappa shape index (κ3) is 6.53. The molecule has 0 radical (unpaired) electrons. The Balaban J connectivity index is 2.38. The number of carbonyl (C=O) groups excluding carboxylic acids is 1. The first kappa shape index (κ1) is 17.4. The molecule has 0 fully saturated rings. The van der Waals surface area contributed by atoms with Crippen molar-refractivity contribution in [3.8, 4) is 0 Å². The molecule has 1 aromatic rings. The highest BCUT2D eigenvalue weighted by Crippen LogP contribution is 1.94. The molecule has 0 spiro atoms. The van der Waals surface area contributed by atoms with E-state index in [0.717, 1.165) is 19.4 Å². The van der Waals surface area contributed by atoms with Gasteiger partial charge in [0.1, 0.15) is 5.69 Å². The summed E-state index contributed by atoms with van der Waals surface area (Å²) in [5.74, 6) is 0.257. The van der Waals surface area contributed by atoms with Gasteiger partial charge in [-0.3, -0.25) is 9.59 Å². The smallest absolute Gasteiger partial charge is 0.271 e. The molecule has 118 valence electrons. The Kier molecular flexibility index (Phi) is 7.68. The molecule has 0 aromatic carbocycles. The maximum Gasteiger partial charge on any atom is 0.271 e. The van der Waals surface area contributed by atoms with Gasteiger partial charge in [-0.1, -0.05) is 20.8 Å². The average Bonchev–Trinajstić information content (AvgIpc) is 2.44. The number of aryl methyl sites for hydroxylation is 1. The Morgan fingerprint density at radius 3 is 2.86 bits per heavy atom. The van der Waals surface area contributed by atoms with E-state index in [-0.39, 0.29) is 17.2 Å². The quantitative estimate of drug-likeness (QED) is 0.700. The molecule has 0 aliphatic heterocycles. The molecule has 0 aliphatic rings. The minimum atomic E-state index is -0.260. The van der Waals surface area contributed by atoms with Gasteiger partial charge in [0.2, 0.25) is 0 Å². The van der Waals surface area contributed by atoms with Crippen LogP contribution in [0.4, 0.5) is 0 Å². The summed E-state index contributed by atoms with van der Waals surface area (Å²) < 4.78 is 6.76. The fourth-order valence-electron chi connectivity index (χ4n) is 1.73. The van der Waals surface area contributed by atoms with Gasteiger partial charge in [0, 0.05) is 32.4 Å². The van der Waals surface area contributed by atoms with Crippen LogP contribution < -0.4 is 10.9 Å². The van der Waals surface area contributed by atoms with Crippen LogP contribution in [0.2, 0.25) is 0 Å². The lowest BCUT2D eigenvalue weighted by molar-refractivity contribution is 0.0918. The van der Waals surface area contributed by atoms with E-state index < -0.39 is 0 Å². The van der Waals surface area contributed by atoms with Crippen molar-refractivity contribution >= 4 is 5.91 Å². The van der Waals surface area contributed by atoms with Gasteiger partial charge in [-0.05, 0) is 24.8 Å². The molecule has 1 heterocycles. The number of hydrogen-bond donors (Lipinski definition) is 1. The SMILES string of the molecule is CCCn1nc(C(=O)NCCCOCC(C)C)ccc1=O. The standard InChI is InChI=1S/C15H25N3O3/c1-4-9-18-14(19)7-6-13(17-18)15(20)16-8-5-10-21-11-12(2)3/h6-7,12H,4-5,8-11H2,1-3H3,(H,16,20). The molecule has 1 N–H and O–H groups in total.